The Labute approximate surface area is 149 Å². The largest absolute Gasteiger partial charge is 0.459 e. The van der Waals surface area contributed by atoms with Gasteiger partial charge in [0, 0.05) is 5.57 Å². The Balaban J connectivity index is 1.78. The van der Waals surface area contributed by atoms with Crippen molar-refractivity contribution in [2.24, 2.45) is 5.92 Å². The molecule has 0 atom stereocenters. The Morgan fingerprint density at radius 1 is 1.12 bits per heavy atom. The summed E-state index contributed by atoms with van der Waals surface area (Å²) in [5.74, 6) is 0.470. The lowest BCUT2D eigenvalue weighted by Crippen LogP contribution is -2.24. The molecule has 2 rings (SSSR count). The van der Waals surface area contributed by atoms with Crippen LogP contribution in [0.4, 0.5) is 0 Å². The Morgan fingerprint density at radius 3 is 2.32 bits per heavy atom. The van der Waals surface area contributed by atoms with Crippen molar-refractivity contribution < 1.29 is 23.8 Å². The number of hydrogen-bond donors (Lipinski definition) is 0. The fraction of sp³-hybridized carbons (Fsp3) is 0.500. The highest BCUT2D eigenvalue weighted by Gasteiger charge is 2.23. The average molecular weight is 346 g/mol. The van der Waals surface area contributed by atoms with E-state index in [-0.39, 0.29) is 18.9 Å². The van der Waals surface area contributed by atoms with Gasteiger partial charge in [-0.25, -0.2) is 9.59 Å². The minimum Gasteiger partial charge on any atom is -0.459 e. The summed E-state index contributed by atoms with van der Waals surface area (Å²) >= 11 is 0. The average Bonchev–Trinajstić information content (AvgIpc) is 2.62. The highest BCUT2D eigenvalue weighted by Crippen LogP contribution is 2.28. The van der Waals surface area contributed by atoms with E-state index in [9.17, 15) is 9.59 Å². The van der Waals surface area contributed by atoms with Crippen LogP contribution in [0.2, 0.25) is 0 Å². The summed E-state index contributed by atoms with van der Waals surface area (Å²) in [6.07, 6.45) is 5.37. The van der Waals surface area contributed by atoms with Crippen molar-refractivity contribution in [1.82, 2.24) is 0 Å². The second-order valence-electron chi connectivity index (χ2n) is 6.45. The lowest BCUT2D eigenvalue weighted by atomic mass is 9.86. The molecular formula is C20H26O5. The maximum absolute atomic E-state index is 12.2. The zero-order chi connectivity index (χ0) is 18.2. The number of ether oxygens (including phenoxy) is 3. The molecule has 1 aromatic carbocycles. The van der Waals surface area contributed by atoms with E-state index in [0.29, 0.717) is 16.9 Å². The van der Waals surface area contributed by atoms with E-state index in [2.05, 4.69) is 13.5 Å². The van der Waals surface area contributed by atoms with Crippen LogP contribution in [-0.4, -0.2) is 24.8 Å². The number of esters is 2. The monoisotopic (exact) mass is 346 g/mol. The molecule has 1 aliphatic rings. The van der Waals surface area contributed by atoms with Gasteiger partial charge in [0.05, 0.1) is 5.56 Å². The lowest BCUT2D eigenvalue weighted by molar-refractivity contribution is -0.145. The Kier molecular flexibility index (Phi) is 7.04. The van der Waals surface area contributed by atoms with Crippen LogP contribution in [-0.2, 0) is 14.3 Å². The summed E-state index contributed by atoms with van der Waals surface area (Å²) in [5, 5.41) is 0. The van der Waals surface area contributed by atoms with E-state index in [0.717, 1.165) is 31.6 Å². The first-order valence-electron chi connectivity index (χ1n) is 8.76. The maximum Gasteiger partial charge on any atom is 0.338 e. The van der Waals surface area contributed by atoms with Crippen LogP contribution in [0.15, 0.2) is 36.4 Å². The molecule has 5 heteroatoms. The summed E-state index contributed by atoms with van der Waals surface area (Å²) in [6.45, 7) is 7.06. The lowest BCUT2D eigenvalue weighted by Gasteiger charge is -2.27. The molecule has 1 saturated carbocycles. The predicted molar refractivity (Wildman–Crippen MR) is 94.3 cm³/mol. The van der Waals surface area contributed by atoms with Gasteiger partial charge in [-0.05, 0) is 62.8 Å². The minimum absolute atomic E-state index is 0.0211. The highest BCUT2D eigenvalue weighted by atomic mass is 16.7. The van der Waals surface area contributed by atoms with Gasteiger partial charge in [-0.2, -0.15) is 0 Å². The van der Waals surface area contributed by atoms with Crippen molar-refractivity contribution in [2.45, 2.75) is 52.1 Å². The quantitative estimate of drug-likeness (QED) is 0.419. The highest BCUT2D eigenvalue weighted by molar-refractivity contribution is 5.89. The number of benzene rings is 1. The van der Waals surface area contributed by atoms with Crippen molar-refractivity contribution in [3.8, 4) is 5.75 Å². The van der Waals surface area contributed by atoms with Gasteiger partial charge in [-0.1, -0.05) is 19.9 Å². The molecule has 1 aromatic rings. The molecule has 0 N–H and O–H groups in total. The van der Waals surface area contributed by atoms with E-state index in [1.54, 1.807) is 31.2 Å². The van der Waals surface area contributed by atoms with Gasteiger partial charge in [0.2, 0.25) is 6.79 Å². The zero-order valence-corrected chi connectivity index (χ0v) is 15.0. The Bertz CT molecular complexity index is 597. The Morgan fingerprint density at radius 2 is 1.76 bits per heavy atom. The van der Waals surface area contributed by atoms with E-state index in [1.807, 2.05) is 0 Å². The summed E-state index contributed by atoms with van der Waals surface area (Å²) in [4.78, 5) is 23.5. The van der Waals surface area contributed by atoms with Crippen molar-refractivity contribution in [1.29, 1.82) is 0 Å². The number of hydrogen-bond acceptors (Lipinski definition) is 5. The molecule has 0 spiro atoms. The zero-order valence-electron chi connectivity index (χ0n) is 15.0. The van der Waals surface area contributed by atoms with Gasteiger partial charge in [0.15, 0.2) is 0 Å². The molecule has 1 aliphatic carbocycles. The normalized spacial score (nSPS) is 19.8. The number of carbonyl (C=O) groups is 2. The summed E-state index contributed by atoms with van der Waals surface area (Å²) < 4.78 is 15.7. The van der Waals surface area contributed by atoms with E-state index >= 15 is 0 Å². The summed E-state index contributed by atoms with van der Waals surface area (Å²) in [5.41, 5.74) is 0.804. The third-order valence-corrected chi connectivity index (χ3v) is 4.50. The second-order valence-corrected chi connectivity index (χ2v) is 6.45. The molecular weight excluding hydrogens is 320 g/mol. The molecule has 0 heterocycles. The molecule has 1 fully saturated rings. The molecule has 5 nitrogen and oxygen atoms in total. The van der Waals surface area contributed by atoms with Crippen LogP contribution in [0.3, 0.4) is 0 Å². The molecule has 136 valence electrons. The first-order chi connectivity index (χ1) is 12.0. The van der Waals surface area contributed by atoms with Crippen molar-refractivity contribution in [3.63, 3.8) is 0 Å². The molecule has 0 amide bonds. The first kappa shape index (κ1) is 19.0. The Hall–Kier alpha value is -2.30. The molecule has 0 aliphatic heterocycles. The number of carbonyl (C=O) groups excluding carboxylic acids is 2. The van der Waals surface area contributed by atoms with E-state index in [1.165, 1.54) is 6.42 Å². The second kappa shape index (κ2) is 9.25. The minimum atomic E-state index is -0.502. The summed E-state index contributed by atoms with van der Waals surface area (Å²) in [7, 11) is 0. The molecule has 25 heavy (non-hydrogen) atoms. The van der Waals surface area contributed by atoms with Gasteiger partial charge in [-0.15, -0.1) is 0 Å². The fourth-order valence-corrected chi connectivity index (χ4v) is 2.84. The molecule has 0 unspecified atom stereocenters. The van der Waals surface area contributed by atoms with Crippen LogP contribution >= 0.6 is 0 Å². The van der Waals surface area contributed by atoms with Crippen molar-refractivity contribution >= 4 is 11.9 Å². The van der Waals surface area contributed by atoms with Crippen molar-refractivity contribution in [2.75, 3.05) is 6.79 Å². The van der Waals surface area contributed by atoms with Crippen LogP contribution in [0.25, 0.3) is 0 Å². The smallest absolute Gasteiger partial charge is 0.338 e. The van der Waals surface area contributed by atoms with Gasteiger partial charge in [0.25, 0.3) is 0 Å². The van der Waals surface area contributed by atoms with Gasteiger partial charge < -0.3 is 14.2 Å². The SMILES string of the molecule is C=C(C)C(=O)OCOc1ccc(C(=O)OC2CCC(CC)CC2)cc1. The number of rotatable bonds is 7. The topological polar surface area (TPSA) is 61.8 Å². The fourth-order valence-electron chi connectivity index (χ4n) is 2.84. The molecule has 0 bridgehead atoms. The molecule has 0 saturated heterocycles. The van der Waals surface area contributed by atoms with Crippen LogP contribution in [0.1, 0.15) is 56.3 Å². The summed E-state index contributed by atoms with van der Waals surface area (Å²) in [6, 6.07) is 6.60. The predicted octanol–water partition coefficient (Wildman–Crippen LogP) is 4.27. The van der Waals surface area contributed by atoms with Crippen LogP contribution in [0, 0.1) is 5.92 Å². The van der Waals surface area contributed by atoms with Gasteiger partial charge >= 0.3 is 11.9 Å². The van der Waals surface area contributed by atoms with Crippen LogP contribution < -0.4 is 4.74 Å². The van der Waals surface area contributed by atoms with Gasteiger partial charge in [-0.3, -0.25) is 0 Å². The molecule has 0 aromatic heterocycles. The third-order valence-electron chi connectivity index (χ3n) is 4.50. The maximum atomic E-state index is 12.2. The standard InChI is InChI=1S/C20H26O5/c1-4-15-5-9-18(10-6-15)25-20(22)16-7-11-17(12-8-16)23-13-24-19(21)14(2)3/h7-8,11-12,15,18H,2,4-6,9-10,13H2,1,3H3. The first-order valence-corrected chi connectivity index (χ1v) is 8.76. The van der Waals surface area contributed by atoms with E-state index in [4.69, 9.17) is 14.2 Å². The van der Waals surface area contributed by atoms with Gasteiger partial charge in [0.1, 0.15) is 11.9 Å². The molecule has 0 radical (unpaired) electrons. The van der Waals surface area contributed by atoms with Crippen molar-refractivity contribution in [3.05, 3.63) is 42.0 Å². The third kappa shape index (κ3) is 5.93. The van der Waals surface area contributed by atoms with E-state index < -0.39 is 5.97 Å². The van der Waals surface area contributed by atoms with Crippen LogP contribution in [0.5, 0.6) is 5.75 Å².